The smallest absolute Gasteiger partial charge is 0.387 e. The van der Waals surface area contributed by atoms with E-state index in [4.69, 9.17) is 5.11 Å². The molecule has 0 heterocycles. The summed E-state index contributed by atoms with van der Waals surface area (Å²) in [5.74, 6) is 0.163. The van der Waals surface area contributed by atoms with Crippen molar-refractivity contribution in [3.63, 3.8) is 0 Å². The summed E-state index contributed by atoms with van der Waals surface area (Å²) in [4.78, 5) is 0. The van der Waals surface area contributed by atoms with E-state index in [2.05, 4.69) is 10.1 Å². The maximum Gasteiger partial charge on any atom is 0.387 e. The third kappa shape index (κ3) is 4.55. The minimum atomic E-state index is -2.82. The molecule has 0 fully saturated rings. The molecule has 0 aliphatic heterocycles. The van der Waals surface area contributed by atoms with Gasteiger partial charge in [-0.1, -0.05) is 18.2 Å². The highest BCUT2D eigenvalue weighted by Crippen LogP contribution is 2.19. The number of hydrogen-bond acceptors (Lipinski definition) is 3. The van der Waals surface area contributed by atoms with Crippen LogP contribution in [-0.4, -0.2) is 24.4 Å². The van der Waals surface area contributed by atoms with Crippen LogP contribution in [0.15, 0.2) is 24.3 Å². The molecule has 0 aliphatic carbocycles. The Labute approximate surface area is 93.0 Å². The molecule has 0 saturated carbocycles. The predicted octanol–water partition coefficient (Wildman–Crippen LogP) is 1.76. The molecule has 2 N–H and O–H groups in total. The first-order chi connectivity index (χ1) is 7.59. The van der Waals surface area contributed by atoms with Crippen LogP contribution in [0.2, 0.25) is 0 Å². The second kappa shape index (κ2) is 6.40. The fourth-order valence-electron chi connectivity index (χ4n) is 1.28. The van der Waals surface area contributed by atoms with Gasteiger partial charge >= 0.3 is 6.61 Å². The second-order valence-electron chi connectivity index (χ2n) is 3.47. The molecule has 90 valence electrons. The molecule has 1 aromatic rings. The molecule has 0 amide bonds. The first-order valence-electron chi connectivity index (χ1n) is 5.01. The molecule has 0 radical (unpaired) electrons. The number of aliphatic hydroxyl groups excluding tert-OH is 1. The molecule has 1 aromatic carbocycles. The Hall–Kier alpha value is -1.20. The van der Waals surface area contributed by atoms with E-state index in [0.29, 0.717) is 18.7 Å². The average molecular weight is 231 g/mol. The van der Waals surface area contributed by atoms with Gasteiger partial charge in [0.2, 0.25) is 0 Å². The van der Waals surface area contributed by atoms with E-state index in [0.717, 1.165) is 0 Å². The Balaban J connectivity index is 2.56. The molecule has 0 spiro atoms. The summed E-state index contributed by atoms with van der Waals surface area (Å²) in [6.45, 7) is -0.385. The lowest BCUT2D eigenvalue weighted by molar-refractivity contribution is -0.0505. The number of nitrogens with one attached hydrogen (secondary N) is 1. The molecule has 16 heavy (non-hydrogen) atoms. The Bertz CT molecular complexity index is 319. The topological polar surface area (TPSA) is 41.5 Å². The first kappa shape index (κ1) is 12.9. The number of rotatable bonds is 6. The fraction of sp³-hybridized carbons (Fsp3) is 0.455. The van der Waals surface area contributed by atoms with Crippen LogP contribution in [0, 0.1) is 0 Å². The summed E-state index contributed by atoms with van der Waals surface area (Å²) in [6, 6.07) is 6.58. The lowest BCUT2D eigenvalue weighted by Gasteiger charge is -2.11. The van der Waals surface area contributed by atoms with Crippen LogP contribution < -0.4 is 10.1 Å². The van der Waals surface area contributed by atoms with Crippen molar-refractivity contribution in [2.75, 3.05) is 6.54 Å². The zero-order valence-corrected chi connectivity index (χ0v) is 8.99. The van der Waals surface area contributed by atoms with E-state index >= 15 is 0 Å². The molecule has 0 saturated heterocycles. The minimum absolute atomic E-state index is 0.163. The van der Waals surface area contributed by atoms with Gasteiger partial charge < -0.3 is 15.2 Å². The van der Waals surface area contributed by atoms with E-state index < -0.39 is 12.7 Å². The number of benzene rings is 1. The monoisotopic (exact) mass is 231 g/mol. The normalized spacial score (nSPS) is 12.8. The quantitative estimate of drug-likeness (QED) is 0.783. The number of para-hydroxylation sites is 1. The number of alkyl halides is 2. The van der Waals surface area contributed by atoms with Gasteiger partial charge in [-0.25, -0.2) is 0 Å². The lowest BCUT2D eigenvalue weighted by atomic mass is 10.2. The molecule has 1 atom stereocenters. The van der Waals surface area contributed by atoms with Crippen molar-refractivity contribution >= 4 is 0 Å². The minimum Gasteiger partial charge on any atom is -0.434 e. The molecule has 1 rings (SSSR count). The van der Waals surface area contributed by atoms with E-state index in [1.54, 1.807) is 25.1 Å². The van der Waals surface area contributed by atoms with Gasteiger partial charge in [-0.15, -0.1) is 0 Å². The zero-order chi connectivity index (χ0) is 12.0. The summed E-state index contributed by atoms with van der Waals surface area (Å²) in [7, 11) is 0. The third-order valence-electron chi connectivity index (χ3n) is 1.94. The van der Waals surface area contributed by atoms with Crippen molar-refractivity contribution in [2.45, 2.75) is 26.2 Å². The number of hydrogen-bond donors (Lipinski definition) is 2. The van der Waals surface area contributed by atoms with Crippen molar-refractivity contribution in [2.24, 2.45) is 0 Å². The zero-order valence-electron chi connectivity index (χ0n) is 8.99. The largest absolute Gasteiger partial charge is 0.434 e. The van der Waals surface area contributed by atoms with Gasteiger partial charge in [0.1, 0.15) is 5.75 Å². The summed E-state index contributed by atoms with van der Waals surface area (Å²) < 4.78 is 28.5. The van der Waals surface area contributed by atoms with Gasteiger partial charge in [0.05, 0.1) is 6.10 Å². The Kier molecular flexibility index (Phi) is 5.14. The highest BCUT2D eigenvalue weighted by atomic mass is 19.3. The van der Waals surface area contributed by atoms with Crippen LogP contribution in [0.3, 0.4) is 0 Å². The summed E-state index contributed by atoms with van der Waals surface area (Å²) in [6.07, 6.45) is -0.469. The van der Waals surface area contributed by atoms with Crippen LogP contribution in [-0.2, 0) is 6.54 Å². The van der Waals surface area contributed by atoms with Crippen molar-refractivity contribution < 1.29 is 18.6 Å². The molecular weight excluding hydrogens is 216 g/mol. The van der Waals surface area contributed by atoms with Gasteiger partial charge in [0.15, 0.2) is 0 Å². The SMILES string of the molecule is C[C@H](O)CNCc1ccccc1OC(F)F. The molecular formula is C11H15F2NO2. The molecule has 0 unspecified atom stereocenters. The first-order valence-corrected chi connectivity index (χ1v) is 5.01. The highest BCUT2D eigenvalue weighted by Gasteiger charge is 2.08. The average Bonchev–Trinajstić information content (AvgIpc) is 2.19. The standard InChI is InChI=1S/C11H15F2NO2/c1-8(15)6-14-7-9-4-2-3-5-10(9)16-11(12)13/h2-5,8,11,14-15H,6-7H2,1H3/t8-/m0/s1. The fourth-order valence-corrected chi connectivity index (χ4v) is 1.28. The maximum absolute atomic E-state index is 12.1. The Morgan fingerprint density at radius 3 is 2.69 bits per heavy atom. The number of halogens is 2. The van der Waals surface area contributed by atoms with Crippen molar-refractivity contribution in [3.05, 3.63) is 29.8 Å². The van der Waals surface area contributed by atoms with E-state index in [-0.39, 0.29) is 5.75 Å². The molecule has 0 bridgehead atoms. The number of ether oxygens (including phenoxy) is 1. The van der Waals surface area contributed by atoms with Crippen LogP contribution in [0.5, 0.6) is 5.75 Å². The Morgan fingerprint density at radius 2 is 2.06 bits per heavy atom. The lowest BCUT2D eigenvalue weighted by Crippen LogP contribution is -2.24. The molecule has 0 aliphatic rings. The number of aliphatic hydroxyl groups is 1. The van der Waals surface area contributed by atoms with E-state index in [1.807, 2.05) is 0 Å². The predicted molar refractivity (Wildman–Crippen MR) is 56.5 cm³/mol. The second-order valence-corrected chi connectivity index (χ2v) is 3.47. The van der Waals surface area contributed by atoms with Gasteiger partial charge in [0, 0.05) is 18.7 Å². The van der Waals surface area contributed by atoms with Crippen molar-refractivity contribution in [1.29, 1.82) is 0 Å². The summed E-state index contributed by atoms with van der Waals surface area (Å²) in [5.41, 5.74) is 0.642. The molecule has 5 heteroatoms. The van der Waals surface area contributed by atoms with Crippen LogP contribution in [0.1, 0.15) is 12.5 Å². The van der Waals surface area contributed by atoms with Gasteiger partial charge in [-0.2, -0.15) is 8.78 Å². The van der Waals surface area contributed by atoms with Gasteiger partial charge in [0.25, 0.3) is 0 Å². The van der Waals surface area contributed by atoms with Crippen LogP contribution in [0.25, 0.3) is 0 Å². The van der Waals surface area contributed by atoms with Crippen LogP contribution >= 0.6 is 0 Å². The van der Waals surface area contributed by atoms with E-state index in [1.165, 1.54) is 6.07 Å². The van der Waals surface area contributed by atoms with Crippen molar-refractivity contribution in [1.82, 2.24) is 5.32 Å². The summed E-state index contributed by atoms with van der Waals surface area (Å²) in [5, 5.41) is 12.0. The highest BCUT2D eigenvalue weighted by molar-refractivity contribution is 5.33. The van der Waals surface area contributed by atoms with Gasteiger partial charge in [-0.05, 0) is 13.0 Å². The van der Waals surface area contributed by atoms with Crippen LogP contribution in [0.4, 0.5) is 8.78 Å². The maximum atomic E-state index is 12.1. The van der Waals surface area contributed by atoms with E-state index in [9.17, 15) is 8.78 Å². The molecule has 0 aromatic heterocycles. The molecule has 3 nitrogen and oxygen atoms in total. The Morgan fingerprint density at radius 1 is 1.38 bits per heavy atom. The van der Waals surface area contributed by atoms with Gasteiger partial charge in [-0.3, -0.25) is 0 Å². The summed E-state index contributed by atoms with van der Waals surface area (Å²) >= 11 is 0. The third-order valence-corrected chi connectivity index (χ3v) is 1.94. The van der Waals surface area contributed by atoms with Crippen molar-refractivity contribution in [3.8, 4) is 5.75 Å².